The fourth-order valence-electron chi connectivity index (χ4n) is 3.38. The molecule has 2 atom stereocenters. The molecule has 4 rings (SSSR count). The summed E-state index contributed by atoms with van der Waals surface area (Å²) in [5.74, 6) is 0. The van der Waals surface area contributed by atoms with Gasteiger partial charge in [0, 0.05) is 11.3 Å². The van der Waals surface area contributed by atoms with E-state index in [1.807, 2.05) is 54.6 Å². The van der Waals surface area contributed by atoms with Crippen molar-refractivity contribution in [2.75, 3.05) is 5.32 Å². The van der Waals surface area contributed by atoms with Crippen LogP contribution in [0.2, 0.25) is 0 Å². The Morgan fingerprint density at radius 2 is 1.86 bits per heavy atom. The standard InChI is InChI=1S/C18H18N2O2/c21-16-11-6-12-18(16)14-9-4-5-10-15(14)20-17(22-18)19-13-7-2-1-3-8-13/h1-5,7-10,16,21H,6,11-12H2,(H,19,20). The first-order valence-electron chi connectivity index (χ1n) is 7.65. The molecule has 1 spiro atoms. The van der Waals surface area contributed by atoms with Gasteiger partial charge < -0.3 is 15.2 Å². The van der Waals surface area contributed by atoms with Crippen molar-refractivity contribution in [2.45, 2.75) is 31.0 Å². The molecule has 0 bridgehead atoms. The number of nitrogens with zero attached hydrogens (tertiary/aromatic N) is 1. The molecule has 1 fully saturated rings. The van der Waals surface area contributed by atoms with Crippen molar-refractivity contribution >= 4 is 17.4 Å². The van der Waals surface area contributed by atoms with E-state index in [0.29, 0.717) is 6.02 Å². The summed E-state index contributed by atoms with van der Waals surface area (Å²) >= 11 is 0. The summed E-state index contributed by atoms with van der Waals surface area (Å²) in [5.41, 5.74) is 2.10. The van der Waals surface area contributed by atoms with Gasteiger partial charge in [-0.15, -0.1) is 0 Å². The van der Waals surface area contributed by atoms with E-state index < -0.39 is 11.7 Å². The van der Waals surface area contributed by atoms with E-state index in [4.69, 9.17) is 4.74 Å². The Morgan fingerprint density at radius 1 is 1.09 bits per heavy atom. The van der Waals surface area contributed by atoms with Gasteiger partial charge in [0.2, 0.25) is 0 Å². The average Bonchev–Trinajstić information content (AvgIpc) is 2.90. The van der Waals surface area contributed by atoms with Crippen LogP contribution in [-0.2, 0) is 10.3 Å². The first-order chi connectivity index (χ1) is 10.8. The second-order valence-corrected chi connectivity index (χ2v) is 5.82. The minimum atomic E-state index is -0.671. The number of aliphatic hydroxyl groups excluding tert-OH is 1. The largest absolute Gasteiger partial charge is 0.450 e. The fourth-order valence-corrected chi connectivity index (χ4v) is 3.38. The van der Waals surface area contributed by atoms with Gasteiger partial charge in [0.15, 0.2) is 5.60 Å². The number of rotatable bonds is 1. The zero-order valence-corrected chi connectivity index (χ0v) is 12.2. The van der Waals surface area contributed by atoms with Gasteiger partial charge in [-0.05, 0) is 37.5 Å². The van der Waals surface area contributed by atoms with Gasteiger partial charge in [-0.2, -0.15) is 4.99 Å². The van der Waals surface area contributed by atoms with Crippen LogP contribution < -0.4 is 5.32 Å². The van der Waals surface area contributed by atoms with Crippen molar-refractivity contribution in [3.05, 3.63) is 60.2 Å². The number of hydrogen-bond donors (Lipinski definition) is 2. The van der Waals surface area contributed by atoms with Gasteiger partial charge in [0.1, 0.15) is 0 Å². The Bertz CT molecular complexity index is 714. The van der Waals surface area contributed by atoms with E-state index in [0.717, 1.165) is 36.2 Å². The van der Waals surface area contributed by atoms with Gasteiger partial charge in [0.05, 0.1) is 11.8 Å². The molecule has 0 aromatic heterocycles. The Kier molecular flexibility index (Phi) is 3.12. The van der Waals surface area contributed by atoms with E-state index in [1.165, 1.54) is 0 Å². The summed E-state index contributed by atoms with van der Waals surface area (Å²) in [6.07, 6.45) is 2.01. The average molecular weight is 294 g/mol. The van der Waals surface area contributed by atoms with Gasteiger partial charge in [-0.1, -0.05) is 36.4 Å². The van der Waals surface area contributed by atoms with Gasteiger partial charge in [-0.25, -0.2) is 0 Å². The van der Waals surface area contributed by atoms with Crippen LogP contribution in [0.5, 0.6) is 0 Å². The molecule has 0 amide bonds. The Hall–Kier alpha value is -2.33. The van der Waals surface area contributed by atoms with Gasteiger partial charge >= 0.3 is 0 Å². The highest BCUT2D eigenvalue weighted by atomic mass is 16.5. The van der Waals surface area contributed by atoms with E-state index >= 15 is 0 Å². The first-order valence-corrected chi connectivity index (χ1v) is 7.65. The van der Waals surface area contributed by atoms with Crippen molar-refractivity contribution in [1.29, 1.82) is 0 Å². The van der Waals surface area contributed by atoms with E-state index in [1.54, 1.807) is 0 Å². The van der Waals surface area contributed by atoms with Gasteiger partial charge in [0.25, 0.3) is 6.02 Å². The Morgan fingerprint density at radius 3 is 2.64 bits per heavy atom. The second-order valence-electron chi connectivity index (χ2n) is 5.82. The number of anilines is 1. The van der Waals surface area contributed by atoms with Crippen LogP contribution in [0, 0.1) is 0 Å². The quantitative estimate of drug-likeness (QED) is 0.845. The van der Waals surface area contributed by atoms with Crippen molar-refractivity contribution in [2.24, 2.45) is 4.99 Å². The predicted octanol–water partition coefficient (Wildman–Crippen LogP) is 3.56. The molecule has 22 heavy (non-hydrogen) atoms. The molecule has 1 heterocycles. The Balaban J connectivity index is 1.75. The molecule has 2 aromatic carbocycles. The first kappa shape index (κ1) is 13.3. The highest BCUT2D eigenvalue weighted by molar-refractivity contribution is 5.92. The molecule has 112 valence electrons. The van der Waals surface area contributed by atoms with Gasteiger partial charge in [-0.3, -0.25) is 0 Å². The topological polar surface area (TPSA) is 53.9 Å². The molecule has 0 radical (unpaired) electrons. The summed E-state index contributed by atoms with van der Waals surface area (Å²) in [6, 6.07) is 18.2. The minimum Gasteiger partial charge on any atom is -0.450 e. The smallest absolute Gasteiger partial charge is 0.295 e. The molecule has 2 aliphatic rings. The van der Waals surface area contributed by atoms with Crippen LogP contribution in [0.4, 0.5) is 11.4 Å². The third kappa shape index (κ3) is 2.07. The molecule has 2 unspecified atom stereocenters. The molecule has 4 nitrogen and oxygen atoms in total. The normalized spacial score (nSPS) is 26.2. The summed E-state index contributed by atoms with van der Waals surface area (Å²) in [5, 5.41) is 13.7. The van der Waals surface area contributed by atoms with E-state index in [9.17, 15) is 5.11 Å². The molecule has 2 N–H and O–H groups in total. The summed E-state index contributed by atoms with van der Waals surface area (Å²) in [7, 11) is 0. The highest BCUT2D eigenvalue weighted by Gasteiger charge is 2.49. The maximum absolute atomic E-state index is 10.5. The lowest BCUT2D eigenvalue weighted by atomic mass is 9.88. The number of benzene rings is 2. The lowest BCUT2D eigenvalue weighted by Gasteiger charge is -2.37. The third-order valence-corrected chi connectivity index (χ3v) is 4.45. The van der Waals surface area contributed by atoms with Crippen LogP contribution in [-0.4, -0.2) is 17.2 Å². The van der Waals surface area contributed by atoms with Crippen molar-refractivity contribution in [1.82, 2.24) is 0 Å². The lowest BCUT2D eigenvalue weighted by Crippen LogP contribution is -2.43. The zero-order chi connectivity index (χ0) is 15.0. The molecular formula is C18H18N2O2. The van der Waals surface area contributed by atoms with E-state index in [-0.39, 0.29) is 0 Å². The van der Waals surface area contributed by atoms with Crippen LogP contribution in [0.25, 0.3) is 0 Å². The lowest BCUT2D eigenvalue weighted by molar-refractivity contribution is -0.0483. The van der Waals surface area contributed by atoms with E-state index in [2.05, 4.69) is 10.3 Å². The maximum atomic E-state index is 10.5. The second kappa shape index (κ2) is 5.14. The van der Waals surface area contributed by atoms with Crippen molar-refractivity contribution < 1.29 is 9.84 Å². The maximum Gasteiger partial charge on any atom is 0.295 e. The molecule has 1 aliphatic carbocycles. The third-order valence-electron chi connectivity index (χ3n) is 4.45. The van der Waals surface area contributed by atoms with Crippen molar-refractivity contribution in [3.8, 4) is 0 Å². The monoisotopic (exact) mass is 294 g/mol. The van der Waals surface area contributed by atoms with Crippen LogP contribution in [0.1, 0.15) is 24.8 Å². The van der Waals surface area contributed by atoms with Crippen molar-refractivity contribution in [3.63, 3.8) is 0 Å². The summed E-state index contributed by atoms with van der Waals surface area (Å²) < 4.78 is 6.17. The number of nitrogens with one attached hydrogen (secondary N) is 1. The number of para-hydroxylation sites is 2. The molecule has 2 aromatic rings. The number of fused-ring (bicyclic) bond motifs is 2. The van der Waals surface area contributed by atoms with Crippen LogP contribution in [0.3, 0.4) is 0 Å². The number of amidine groups is 1. The van der Waals surface area contributed by atoms with Crippen LogP contribution >= 0.6 is 0 Å². The zero-order valence-electron chi connectivity index (χ0n) is 12.2. The minimum absolute atomic E-state index is 0.450. The number of ether oxygens (including phenoxy) is 1. The highest BCUT2D eigenvalue weighted by Crippen LogP contribution is 2.48. The molecule has 4 heteroatoms. The molecular weight excluding hydrogens is 276 g/mol. The van der Waals surface area contributed by atoms with Crippen LogP contribution in [0.15, 0.2) is 59.6 Å². The molecule has 1 saturated carbocycles. The molecule has 0 saturated heterocycles. The SMILES string of the molecule is OC1CCCC12OC(Nc1ccccc1)=Nc1ccccc12. The predicted molar refractivity (Wildman–Crippen MR) is 86.2 cm³/mol. The Labute approximate surface area is 129 Å². The fraction of sp³-hybridized carbons (Fsp3) is 0.278. The number of aliphatic hydroxyl groups is 1. The number of hydrogen-bond acceptors (Lipinski definition) is 4. The molecule has 1 aliphatic heterocycles. The summed E-state index contributed by atoms with van der Waals surface area (Å²) in [4.78, 5) is 4.57. The number of aliphatic imine (C=N–C) groups is 1. The summed E-state index contributed by atoms with van der Waals surface area (Å²) in [6.45, 7) is 0.